The van der Waals surface area contributed by atoms with Gasteiger partial charge in [-0.25, -0.2) is 9.67 Å². The number of allylic oxidation sites excluding steroid dienone is 1. The molecule has 2 N–H and O–H groups in total. The molecule has 0 saturated carbocycles. The number of nitrogens with zero attached hydrogens (tertiary/aromatic N) is 4. The number of nitrogens with one attached hydrogen (secondary N) is 2. The van der Waals surface area contributed by atoms with E-state index in [2.05, 4.69) is 20.4 Å². The number of H-pyrrole nitrogens is 1. The van der Waals surface area contributed by atoms with E-state index in [1.807, 2.05) is 36.4 Å². The van der Waals surface area contributed by atoms with Crippen molar-refractivity contribution >= 4 is 11.9 Å². The minimum absolute atomic E-state index is 0.0960. The van der Waals surface area contributed by atoms with E-state index in [1.165, 1.54) is 12.7 Å². The van der Waals surface area contributed by atoms with Gasteiger partial charge < -0.3 is 10.2 Å². The average molecular weight is 325 g/mol. The van der Waals surface area contributed by atoms with Crippen LogP contribution in [-0.4, -0.2) is 38.7 Å². The highest BCUT2D eigenvalue weighted by atomic mass is 16.2. The standard InChI is InChI=1S/C17H20N6O/c1-12-14(16(24)22-9-3-2-4-10-22)15(13-5-7-18-8-6-13)23-17(21-12)19-11-20-23/h5-8,11,15H,2-4,9-10H2,1H3,(H,19,20,21)/p+1. The van der Waals surface area contributed by atoms with Crippen LogP contribution >= 0.6 is 0 Å². The molecule has 2 aliphatic rings. The summed E-state index contributed by atoms with van der Waals surface area (Å²) in [5.41, 5.74) is 2.62. The van der Waals surface area contributed by atoms with Gasteiger partial charge in [0.25, 0.3) is 5.91 Å². The van der Waals surface area contributed by atoms with Crippen molar-refractivity contribution in [3.63, 3.8) is 0 Å². The summed E-state index contributed by atoms with van der Waals surface area (Å²) in [5, 5.41) is 7.58. The maximum absolute atomic E-state index is 13.2. The summed E-state index contributed by atoms with van der Waals surface area (Å²) in [6.07, 6.45) is 8.60. The fourth-order valence-corrected chi connectivity index (χ4v) is 3.53. The Morgan fingerprint density at radius 1 is 1.25 bits per heavy atom. The topological polar surface area (TPSA) is 77.2 Å². The van der Waals surface area contributed by atoms with Crippen molar-refractivity contribution in [2.45, 2.75) is 32.2 Å². The zero-order valence-corrected chi connectivity index (χ0v) is 13.7. The fourth-order valence-electron chi connectivity index (χ4n) is 3.53. The molecule has 7 heteroatoms. The molecule has 0 aromatic carbocycles. The number of fused-ring (bicyclic) bond motifs is 1. The molecule has 7 nitrogen and oxygen atoms in total. The highest BCUT2D eigenvalue weighted by Gasteiger charge is 2.35. The first-order chi connectivity index (χ1) is 11.8. The highest BCUT2D eigenvalue weighted by molar-refractivity contribution is 5.96. The van der Waals surface area contributed by atoms with Crippen molar-refractivity contribution in [1.82, 2.24) is 19.7 Å². The van der Waals surface area contributed by atoms with Crippen molar-refractivity contribution in [2.75, 3.05) is 18.4 Å². The van der Waals surface area contributed by atoms with Crippen LogP contribution in [0.2, 0.25) is 0 Å². The van der Waals surface area contributed by atoms with Crippen LogP contribution in [0.5, 0.6) is 0 Å². The smallest absolute Gasteiger partial charge is 0.254 e. The Bertz CT molecular complexity index is 775. The molecule has 0 radical (unpaired) electrons. The summed E-state index contributed by atoms with van der Waals surface area (Å²) >= 11 is 0. The van der Waals surface area contributed by atoms with E-state index in [0.29, 0.717) is 5.95 Å². The molecule has 2 aromatic heterocycles. The number of piperidine rings is 1. The Kier molecular flexibility index (Phi) is 3.76. The predicted octanol–water partition coefficient (Wildman–Crippen LogP) is 1.39. The molecule has 0 aliphatic carbocycles. The summed E-state index contributed by atoms with van der Waals surface area (Å²) in [6.45, 7) is 3.60. The van der Waals surface area contributed by atoms with E-state index < -0.39 is 0 Å². The van der Waals surface area contributed by atoms with Crippen molar-refractivity contribution in [3.8, 4) is 0 Å². The second-order valence-corrected chi connectivity index (χ2v) is 6.28. The molecule has 1 saturated heterocycles. The molecule has 1 amide bonds. The number of hydrogen-bond acceptors (Lipinski definition) is 4. The zero-order chi connectivity index (χ0) is 16.5. The van der Waals surface area contributed by atoms with Gasteiger partial charge in [0.15, 0.2) is 12.4 Å². The predicted molar refractivity (Wildman–Crippen MR) is 87.9 cm³/mol. The molecular formula is C17H21N6O+. The molecule has 1 fully saturated rings. The van der Waals surface area contributed by atoms with Crippen LogP contribution in [0.3, 0.4) is 0 Å². The van der Waals surface area contributed by atoms with Crippen LogP contribution in [0.4, 0.5) is 5.95 Å². The third-order valence-corrected chi connectivity index (χ3v) is 4.73. The van der Waals surface area contributed by atoms with E-state index in [1.54, 1.807) is 4.68 Å². The van der Waals surface area contributed by atoms with Crippen molar-refractivity contribution in [3.05, 3.63) is 47.7 Å². The molecule has 1 atom stereocenters. The molecule has 4 rings (SSSR count). The SMILES string of the molecule is CC1=C(C(=O)N2CCCCC2)C(c2cc[nH+]cc2)n2ncnc2N1. The van der Waals surface area contributed by atoms with Crippen LogP contribution in [0, 0.1) is 0 Å². The Hall–Kier alpha value is -2.70. The van der Waals surface area contributed by atoms with Gasteiger partial charge in [0.05, 0.1) is 5.57 Å². The van der Waals surface area contributed by atoms with Gasteiger partial charge in [-0.2, -0.15) is 10.1 Å². The largest absolute Gasteiger partial charge is 0.339 e. The van der Waals surface area contributed by atoms with E-state index in [-0.39, 0.29) is 11.9 Å². The summed E-state index contributed by atoms with van der Waals surface area (Å²) in [5.74, 6) is 0.763. The number of aromatic nitrogens is 4. The van der Waals surface area contributed by atoms with Gasteiger partial charge >= 0.3 is 0 Å². The van der Waals surface area contributed by atoms with Crippen LogP contribution in [-0.2, 0) is 4.79 Å². The Balaban J connectivity index is 1.78. The molecule has 2 aromatic rings. The van der Waals surface area contributed by atoms with Crippen molar-refractivity contribution in [1.29, 1.82) is 0 Å². The molecule has 0 bridgehead atoms. The first kappa shape index (κ1) is 14.9. The lowest BCUT2D eigenvalue weighted by atomic mass is 9.94. The average Bonchev–Trinajstić information content (AvgIpc) is 3.09. The summed E-state index contributed by atoms with van der Waals surface area (Å²) in [7, 11) is 0. The van der Waals surface area contributed by atoms with Gasteiger partial charge in [0.2, 0.25) is 5.95 Å². The Labute approximate surface area is 140 Å². The normalized spacial score (nSPS) is 20.5. The first-order valence-electron chi connectivity index (χ1n) is 8.38. The van der Waals surface area contributed by atoms with Crippen LogP contribution in [0.1, 0.15) is 37.8 Å². The highest BCUT2D eigenvalue weighted by Crippen LogP contribution is 2.35. The van der Waals surface area contributed by atoms with E-state index in [4.69, 9.17) is 0 Å². The number of amides is 1. The minimum atomic E-state index is -0.257. The second kappa shape index (κ2) is 6.07. The fraction of sp³-hybridized carbons (Fsp3) is 0.412. The number of carbonyl (C=O) groups is 1. The number of rotatable bonds is 2. The van der Waals surface area contributed by atoms with Crippen LogP contribution in [0.15, 0.2) is 42.1 Å². The number of carbonyl (C=O) groups excluding carboxylic acids is 1. The summed E-state index contributed by atoms with van der Waals surface area (Å²) < 4.78 is 1.79. The first-order valence-corrected chi connectivity index (χ1v) is 8.38. The summed E-state index contributed by atoms with van der Waals surface area (Å²) in [4.78, 5) is 22.5. The van der Waals surface area contributed by atoms with E-state index in [0.717, 1.165) is 42.8 Å². The number of likely N-dealkylation sites (tertiary alicyclic amines) is 1. The maximum atomic E-state index is 13.2. The second-order valence-electron chi connectivity index (χ2n) is 6.28. The third-order valence-electron chi connectivity index (χ3n) is 4.73. The van der Waals surface area contributed by atoms with Gasteiger partial charge in [-0.1, -0.05) is 0 Å². The number of pyridine rings is 1. The molecule has 124 valence electrons. The molecule has 1 unspecified atom stereocenters. The lowest BCUT2D eigenvalue weighted by molar-refractivity contribution is -0.378. The van der Waals surface area contributed by atoms with Gasteiger partial charge in [-0.15, -0.1) is 0 Å². The lowest BCUT2D eigenvalue weighted by Gasteiger charge is -2.33. The zero-order valence-electron chi connectivity index (χ0n) is 13.7. The van der Waals surface area contributed by atoms with E-state index in [9.17, 15) is 4.79 Å². The number of hydrogen-bond donors (Lipinski definition) is 1. The van der Waals surface area contributed by atoms with Gasteiger partial charge in [0, 0.05) is 30.9 Å². The molecule has 4 heterocycles. The molecule has 24 heavy (non-hydrogen) atoms. The lowest BCUT2D eigenvalue weighted by Crippen LogP contribution is -2.41. The van der Waals surface area contributed by atoms with Gasteiger partial charge in [0.1, 0.15) is 12.4 Å². The number of aromatic amines is 1. The van der Waals surface area contributed by atoms with Crippen LogP contribution in [0.25, 0.3) is 0 Å². The third kappa shape index (κ3) is 2.46. The molecular weight excluding hydrogens is 304 g/mol. The van der Waals surface area contributed by atoms with Gasteiger partial charge in [-0.3, -0.25) is 4.79 Å². The minimum Gasteiger partial charge on any atom is -0.339 e. The Morgan fingerprint density at radius 2 is 2.00 bits per heavy atom. The van der Waals surface area contributed by atoms with Crippen LogP contribution < -0.4 is 10.3 Å². The van der Waals surface area contributed by atoms with Gasteiger partial charge in [-0.05, 0) is 31.7 Å². The van der Waals surface area contributed by atoms with E-state index >= 15 is 0 Å². The monoisotopic (exact) mass is 325 g/mol. The maximum Gasteiger partial charge on any atom is 0.254 e. The molecule has 2 aliphatic heterocycles. The summed E-state index contributed by atoms with van der Waals surface area (Å²) in [6, 6.07) is 3.71. The number of anilines is 1. The Morgan fingerprint density at radius 3 is 2.75 bits per heavy atom. The van der Waals surface area contributed by atoms with Crippen molar-refractivity contribution in [2.24, 2.45) is 0 Å². The quantitative estimate of drug-likeness (QED) is 0.905. The molecule has 0 spiro atoms. The van der Waals surface area contributed by atoms with Crippen molar-refractivity contribution < 1.29 is 9.78 Å².